The molecule has 0 bridgehead atoms. The zero-order valence-corrected chi connectivity index (χ0v) is 13.7. The van der Waals surface area contributed by atoms with Gasteiger partial charge in [0.1, 0.15) is 5.75 Å². The summed E-state index contributed by atoms with van der Waals surface area (Å²) in [6, 6.07) is 9.66. The van der Waals surface area contributed by atoms with Crippen molar-refractivity contribution >= 4 is 0 Å². The Kier molecular flexibility index (Phi) is 6.07. The minimum Gasteiger partial charge on any atom is -0.491 e. The minimum absolute atomic E-state index is 0.231. The second-order valence-electron chi connectivity index (χ2n) is 6.44. The van der Waals surface area contributed by atoms with Crippen LogP contribution in [0.4, 0.5) is 0 Å². The lowest BCUT2D eigenvalue weighted by molar-refractivity contribution is 0.149. The van der Waals surface area contributed by atoms with Crippen LogP contribution in [0.1, 0.15) is 52.0 Å². The zero-order chi connectivity index (χ0) is 15.2. The standard InChI is InChI=1S/C18H30N2O/c1-4-20(17-9-7-16(19)8-10-17)13-15-5-11-18(12-6-15)21-14(2)3/h5-6,11-12,14,16-17H,4,7-10,13,19H2,1-3H3. The molecule has 0 amide bonds. The average molecular weight is 290 g/mol. The first-order valence-corrected chi connectivity index (χ1v) is 8.33. The molecule has 1 aliphatic rings. The van der Waals surface area contributed by atoms with Crippen molar-refractivity contribution in [3.8, 4) is 5.75 Å². The summed E-state index contributed by atoms with van der Waals surface area (Å²) in [4.78, 5) is 2.59. The van der Waals surface area contributed by atoms with E-state index in [-0.39, 0.29) is 6.10 Å². The van der Waals surface area contributed by atoms with Gasteiger partial charge in [-0.3, -0.25) is 4.90 Å². The highest BCUT2D eigenvalue weighted by Gasteiger charge is 2.23. The molecule has 0 unspecified atom stereocenters. The van der Waals surface area contributed by atoms with Crippen LogP contribution in [0.5, 0.6) is 5.75 Å². The summed E-state index contributed by atoms with van der Waals surface area (Å²) in [6.45, 7) is 8.49. The maximum Gasteiger partial charge on any atom is 0.119 e. The van der Waals surface area contributed by atoms with Crippen molar-refractivity contribution < 1.29 is 4.74 Å². The van der Waals surface area contributed by atoms with Crippen LogP contribution in [0.3, 0.4) is 0 Å². The van der Waals surface area contributed by atoms with Crippen molar-refractivity contribution in [1.82, 2.24) is 4.90 Å². The molecule has 3 heteroatoms. The van der Waals surface area contributed by atoms with E-state index in [9.17, 15) is 0 Å². The molecule has 1 aromatic carbocycles. The lowest BCUT2D eigenvalue weighted by atomic mass is 9.90. The van der Waals surface area contributed by atoms with Crippen LogP contribution in [0, 0.1) is 0 Å². The maximum atomic E-state index is 6.02. The first-order valence-electron chi connectivity index (χ1n) is 8.33. The third-order valence-electron chi connectivity index (χ3n) is 4.34. The lowest BCUT2D eigenvalue weighted by Crippen LogP contribution is -2.40. The van der Waals surface area contributed by atoms with Gasteiger partial charge in [0.05, 0.1) is 6.10 Å². The number of nitrogens with zero attached hydrogens (tertiary/aromatic N) is 1. The SMILES string of the molecule is CCN(Cc1ccc(OC(C)C)cc1)C1CCC(N)CC1. The molecule has 0 radical (unpaired) electrons. The molecular formula is C18H30N2O. The number of ether oxygens (including phenoxy) is 1. The highest BCUT2D eigenvalue weighted by Crippen LogP contribution is 2.24. The van der Waals surface area contributed by atoms with Crippen LogP contribution >= 0.6 is 0 Å². The molecule has 0 spiro atoms. The van der Waals surface area contributed by atoms with E-state index in [2.05, 4.69) is 49.9 Å². The van der Waals surface area contributed by atoms with E-state index in [4.69, 9.17) is 10.5 Å². The van der Waals surface area contributed by atoms with Crippen LogP contribution in [-0.4, -0.2) is 29.6 Å². The summed E-state index contributed by atoms with van der Waals surface area (Å²) in [7, 11) is 0. The van der Waals surface area contributed by atoms with Crippen molar-refractivity contribution in [2.24, 2.45) is 5.73 Å². The molecule has 3 nitrogen and oxygen atoms in total. The predicted octanol–water partition coefficient (Wildman–Crippen LogP) is 3.57. The van der Waals surface area contributed by atoms with Gasteiger partial charge in [-0.1, -0.05) is 19.1 Å². The van der Waals surface area contributed by atoms with Gasteiger partial charge in [0.25, 0.3) is 0 Å². The molecule has 1 fully saturated rings. The number of nitrogens with two attached hydrogens (primary N) is 1. The Labute approximate surface area is 129 Å². The summed E-state index contributed by atoms with van der Waals surface area (Å²) in [6.07, 6.45) is 5.05. The Bertz CT molecular complexity index is 408. The van der Waals surface area contributed by atoms with Crippen molar-refractivity contribution in [3.05, 3.63) is 29.8 Å². The lowest BCUT2D eigenvalue weighted by Gasteiger charge is -2.35. The number of benzene rings is 1. The fourth-order valence-electron chi connectivity index (χ4n) is 3.15. The van der Waals surface area contributed by atoms with Crippen LogP contribution in [0.15, 0.2) is 24.3 Å². The largest absolute Gasteiger partial charge is 0.491 e. The predicted molar refractivity (Wildman–Crippen MR) is 88.5 cm³/mol. The van der Waals surface area contributed by atoms with Crippen molar-refractivity contribution in [3.63, 3.8) is 0 Å². The molecule has 21 heavy (non-hydrogen) atoms. The quantitative estimate of drug-likeness (QED) is 0.870. The van der Waals surface area contributed by atoms with Crippen molar-refractivity contribution in [1.29, 1.82) is 0 Å². The summed E-state index contributed by atoms with van der Waals surface area (Å²) >= 11 is 0. The Morgan fingerprint density at radius 2 is 1.76 bits per heavy atom. The topological polar surface area (TPSA) is 38.5 Å². The van der Waals surface area contributed by atoms with Gasteiger partial charge in [0.2, 0.25) is 0 Å². The van der Waals surface area contributed by atoms with Crippen LogP contribution < -0.4 is 10.5 Å². The smallest absolute Gasteiger partial charge is 0.119 e. The average Bonchev–Trinajstić information content (AvgIpc) is 2.47. The summed E-state index contributed by atoms with van der Waals surface area (Å²) in [5, 5.41) is 0. The third-order valence-corrected chi connectivity index (χ3v) is 4.34. The highest BCUT2D eigenvalue weighted by atomic mass is 16.5. The van der Waals surface area contributed by atoms with Gasteiger partial charge in [-0.2, -0.15) is 0 Å². The molecule has 1 aromatic rings. The second-order valence-corrected chi connectivity index (χ2v) is 6.44. The molecule has 0 saturated heterocycles. The van der Waals surface area contributed by atoms with Gasteiger partial charge in [-0.25, -0.2) is 0 Å². The van der Waals surface area contributed by atoms with E-state index in [1.54, 1.807) is 0 Å². The molecule has 0 atom stereocenters. The van der Waals surface area contributed by atoms with Gasteiger partial charge in [-0.05, 0) is 63.8 Å². The normalized spacial score (nSPS) is 22.8. The molecule has 0 heterocycles. The first kappa shape index (κ1) is 16.3. The number of hydrogen-bond donors (Lipinski definition) is 1. The summed E-state index contributed by atoms with van der Waals surface area (Å²) in [5.74, 6) is 0.959. The molecule has 0 aromatic heterocycles. The van der Waals surface area contributed by atoms with E-state index >= 15 is 0 Å². The molecule has 1 saturated carbocycles. The maximum absolute atomic E-state index is 6.02. The van der Waals surface area contributed by atoms with Gasteiger partial charge >= 0.3 is 0 Å². The van der Waals surface area contributed by atoms with E-state index in [0.29, 0.717) is 12.1 Å². The fraction of sp³-hybridized carbons (Fsp3) is 0.667. The van der Waals surface area contributed by atoms with E-state index in [1.807, 2.05) is 0 Å². The molecule has 2 rings (SSSR count). The van der Waals surface area contributed by atoms with E-state index < -0.39 is 0 Å². The zero-order valence-electron chi connectivity index (χ0n) is 13.7. The summed E-state index contributed by atoms with van der Waals surface area (Å²) < 4.78 is 5.70. The Balaban J connectivity index is 1.92. The van der Waals surface area contributed by atoms with Crippen LogP contribution in [-0.2, 0) is 6.54 Å². The second kappa shape index (κ2) is 7.81. The van der Waals surface area contributed by atoms with Gasteiger partial charge in [-0.15, -0.1) is 0 Å². The Morgan fingerprint density at radius 1 is 1.14 bits per heavy atom. The molecule has 2 N–H and O–H groups in total. The van der Waals surface area contributed by atoms with Gasteiger partial charge in [0.15, 0.2) is 0 Å². The Hall–Kier alpha value is -1.06. The number of hydrogen-bond acceptors (Lipinski definition) is 3. The fourth-order valence-corrected chi connectivity index (χ4v) is 3.15. The summed E-state index contributed by atoms with van der Waals surface area (Å²) in [5.41, 5.74) is 7.38. The van der Waals surface area contributed by atoms with E-state index in [0.717, 1.165) is 18.8 Å². The molecule has 118 valence electrons. The minimum atomic E-state index is 0.231. The Morgan fingerprint density at radius 3 is 2.29 bits per heavy atom. The van der Waals surface area contributed by atoms with Gasteiger partial charge in [0, 0.05) is 18.6 Å². The van der Waals surface area contributed by atoms with Gasteiger partial charge < -0.3 is 10.5 Å². The monoisotopic (exact) mass is 290 g/mol. The van der Waals surface area contributed by atoms with Crippen LogP contribution in [0.2, 0.25) is 0 Å². The molecule has 1 aliphatic carbocycles. The van der Waals surface area contributed by atoms with Crippen molar-refractivity contribution in [2.75, 3.05) is 6.54 Å². The third kappa shape index (κ3) is 5.01. The van der Waals surface area contributed by atoms with E-state index in [1.165, 1.54) is 31.2 Å². The molecular weight excluding hydrogens is 260 g/mol. The number of rotatable bonds is 6. The molecule has 0 aliphatic heterocycles. The first-order chi connectivity index (χ1) is 10.1. The van der Waals surface area contributed by atoms with Crippen LogP contribution in [0.25, 0.3) is 0 Å². The van der Waals surface area contributed by atoms with Crippen molar-refractivity contribution in [2.45, 2.75) is 71.2 Å². The highest BCUT2D eigenvalue weighted by molar-refractivity contribution is 5.27.